The number of nitrogens with zero attached hydrogens (tertiary/aromatic N) is 1. The summed E-state index contributed by atoms with van der Waals surface area (Å²) in [7, 11) is 0. The van der Waals surface area contributed by atoms with Crippen LogP contribution in [-0.2, 0) is 6.61 Å². The van der Waals surface area contributed by atoms with E-state index in [0.717, 1.165) is 16.2 Å². The lowest BCUT2D eigenvalue weighted by Gasteiger charge is -2.08. The van der Waals surface area contributed by atoms with Crippen LogP contribution in [0.2, 0.25) is 4.47 Å². The van der Waals surface area contributed by atoms with Gasteiger partial charge in [-0.3, -0.25) is 0 Å². The van der Waals surface area contributed by atoms with Crippen LogP contribution in [0.5, 0.6) is 5.75 Å². The number of ether oxygens (including phenoxy) is 1. The van der Waals surface area contributed by atoms with Crippen LogP contribution in [-0.4, -0.2) is 4.98 Å². The van der Waals surface area contributed by atoms with Crippen molar-refractivity contribution >= 4 is 22.9 Å². The summed E-state index contributed by atoms with van der Waals surface area (Å²) in [4.78, 5) is 5.01. The van der Waals surface area contributed by atoms with Gasteiger partial charge in [-0.05, 0) is 31.0 Å². The monoisotopic (exact) mass is 253 g/mol. The maximum Gasteiger partial charge on any atom is 0.183 e. The highest BCUT2D eigenvalue weighted by molar-refractivity contribution is 7.15. The highest BCUT2D eigenvalue weighted by atomic mass is 35.5. The molecule has 84 valence electrons. The Morgan fingerprint density at radius 2 is 2.19 bits per heavy atom. The Hall–Kier alpha value is -1.06. The fourth-order valence-electron chi connectivity index (χ4n) is 1.36. The van der Waals surface area contributed by atoms with Gasteiger partial charge in [0.25, 0.3) is 0 Å². The Morgan fingerprint density at radius 1 is 1.38 bits per heavy atom. The number of rotatable bonds is 3. The molecule has 2 nitrogen and oxygen atoms in total. The normalized spacial score (nSPS) is 10.4. The molecule has 0 N–H and O–H groups in total. The molecule has 0 amide bonds. The molecular formula is C12H12ClNOS. The van der Waals surface area contributed by atoms with Crippen molar-refractivity contribution in [3.8, 4) is 5.75 Å². The van der Waals surface area contributed by atoms with Crippen LogP contribution in [0.1, 0.15) is 16.0 Å². The minimum Gasteiger partial charge on any atom is -0.488 e. The van der Waals surface area contributed by atoms with E-state index in [1.165, 1.54) is 16.9 Å². The van der Waals surface area contributed by atoms with Gasteiger partial charge in [0, 0.05) is 6.20 Å². The third-order valence-corrected chi connectivity index (χ3v) is 3.33. The lowest BCUT2D eigenvalue weighted by molar-refractivity contribution is 0.307. The fraction of sp³-hybridized carbons (Fsp3) is 0.250. The number of benzene rings is 1. The zero-order valence-electron chi connectivity index (χ0n) is 9.16. The molecule has 4 heteroatoms. The number of halogens is 1. The first-order valence-electron chi connectivity index (χ1n) is 4.95. The van der Waals surface area contributed by atoms with Crippen molar-refractivity contribution in [1.29, 1.82) is 0 Å². The van der Waals surface area contributed by atoms with Crippen molar-refractivity contribution in [3.05, 3.63) is 44.9 Å². The van der Waals surface area contributed by atoms with Crippen LogP contribution in [0.15, 0.2) is 24.4 Å². The van der Waals surface area contributed by atoms with Crippen LogP contribution in [0, 0.1) is 13.8 Å². The molecule has 0 spiro atoms. The summed E-state index contributed by atoms with van der Waals surface area (Å²) in [6, 6.07) is 6.17. The molecule has 0 bridgehead atoms. The van der Waals surface area contributed by atoms with Gasteiger partial charge in [-0.2, -0.15) is 0 Å². The summed E-state index contributed by atoms with van der Waals surface area (Å²) in [5.41, 5.74) is 2.34. The summed E-state index contributed by atoms with van der Waals surface area (Å²) in [5, 5.41) is 0. The molecule has 0 radical (unpaired) electrons. The van der Waals surface area contributed by atoms with Gasteiger partial charge < -0.3 is 4.74 Å². The number of hydrogen-bond donors (Lipinski definition) is 0. The lowest BCUT2D eigenvalue weighted by Crippen LogP contribution is -1.95. The summed E-state index contributed by atoms with van der Waals surface area (Å²) in [5.74, 6) is 0.921. The third-order valence-electron chi connectivity index (χ3n) is 2.24. The standard InChI is InChI=1S/C12H12ClNOS/c1-8-3-4-9(2)11(5-8)15-7-10-6-14-12(13)16-10/h3-6H,7H2,1-2H3. The van der Waals surface area contributed by atoms with E-state index < -0.39 is 0 Å². The first kappa shape index (κ1) is 11.4. The van der Waals surface area contributed by atoms with Crippen molar-refractivity contribution in [2.24, 2.45) is 0 Å². The molecule has 1 heterocycles. The summed E-state index contributed by atoms with van der Waals surface area (Å²) < 4.78 is 6.28. The minimum atomic E-state index is 0.522. The molecule has 2 aromatic rings. The molecule has 1 aromatic heterocycles. The highest BCUT2D eigenvalue weighted by Crippen LogP contribution is 2.23. The van der Waals surface area contributed by atoms with Crippen molar-refractivity contribution in [1.82, 2.24) is 4.98 Å². The van der Waals surface area contributed by atoms with Gasteiger partial charge in [0.1, 0.15) is 12.4 Å². The molecule has 0 saturated heterocycles. The van der Waals surface area contributed by atoms with Gasteiger partial charge in [-0.15, -0.1) is 11.3 Å². The zero-order valence-corrected chi connectivity index (χ0v) is 10.7. The van der Waals surface area contributed by atoms with E-state index in [9.17, 15) is 0 Å². The van der Waals surface area contributed by atoms with E-state index in [-0.39, 0.29) is 0 Å². The minimum absolute atomic E-state index is 0.522. The zero-order chi connectivity index (χ0) is 11.5. The molecule has 0 fully saturated rings. The second-order valence-corrected chi connectivity index (χ2v) is 5.33. The van der Waals surface area contributed by atoms with E-state index in [0.29, 0.717) is 11.1 Å². The van der Waals surface area contributed by atoms with E-state index in [4.69, 9.17) is 16.3 Å². The Morgan fingerprint density at radius 3 is 2.88 bits per heavy atom. The van der Waals surface area contributed by atoms with Gasteiger partial charge in [-0.1, -0.05) is 23.7 Å². The van der Waals surface area contributed by atoms with Crippen LogP contribution >= 0.6 is 22.9 Å². The first-order valence-corrected chi connectivity index (χ1v) is 6.15. The molecular weight excluding hydrogens is 242 g/mol. The number of thiazole rings is 1. The van der Waals surface area contributed by atoms with Gasteiger partial charge in [0.2, 0.25) is 0 Å². The Bertz CT molecular complexity index is 496. The SMILES string of the molecule is Cc1ccc(C)c(OCc2cnc(Cl)s2)c1. The predicted octanol–water partition coefficient (Wildman–Crippen LogP) is 3.99. The highest BCUT2D eigenvalue weighted by Gasteiger charge is 2.03. The van der Waals surface area contributed by atoms with Crippen molar-refractivity contribution < 1.29 is 4.74 Å². The summed E-state index contributed by atoms with van der Waals surface area (Å²) in [6.07, 6.45) is 1.75. The van der Waals surface area contributed by atoms with Crippen molar-refractivity contribution in [3.63, 3.8) is 0 Å². The average molecular weight is 254 g/mol. The fourth-order valence-corrected chi connectivity index (χ4v) is 2.25. The van der Waals surface area contributed by atoms with Crippen molar-refractivity contribution in [2.75, 3.05) is 0 Å². The van der Waals surface area contributed by atoms with Crippen LogP contribution < -0.4 is 4.74 Å². The van der Waals surface area contributed by atoms with Crippen LogP contribution in [0.4, 0.5) is 0 Å². The van der Waals surface area contributed by atoms with Crippen LogP contribution in [0.25, 0.3) is 0 Å². The molecule has 0 aliphatic rings. The molecule has 16 heavy (non-hydrogen) atoms. The maximum atomic E-state index is 5.75. The summed E-state index contributed by atoms with van der Waals surface area (Å²) in [6.45, 7) is 4.61. The molecule has 0 aliphatic carbocycles. The second-order valence-electron chi connectivity index (χ2n) is 3.64. The molecule has 2 rings (SSSR count). The van der Waals surface area contributed by atoms with E-state index >= 15 is 0 Å². The average Bonchev–Trinajstić information content (AvgIpc) is 2.66. The van der Waals surface area contributed by atoms with Gasteiger partial charge >= 0.3 is 0 Å². The largest absolute Gasteiger partial charge is 0.488 e. The van der Waals surface area contributed by atoms with Crippen molar-refractivity contribution in [2.45, 2.75) is 20.5 Å². The lowest BCUT2D eigenvalue weighted by atomic mass is 10.1. The number of aryl methyl sites for hydroxylation is 2. The van der Waals surface area contributed by atoms with Gasteiger partial charge in [0.15, 0.2) is 4.47 Å². The number of aromatic nitrogens is 1. The Labute approximate surface area is 104 Å². The van der Waals surface area contributed by atoms with E-state index in [1.54, 1.807) is 6.20 Å². The summed E-state index contributed by atoms with van der Waals surface area (Å²) >= 11 is 7.20. The molecule has 1 aromatic carbocycles. The topological polar surface area (TPSA) is 22.1 Å². The molecule has 0 saturated carbocycles. The van der Waals surface area contributed by atoms with E-state index in [2.05, 4.69) is 24.0 Å². The Balaban J connectivity index is 2.07. The molecule has 0 aliphatic heterocycles. The van der Waals surface area contributed by atoms with E-state index in [1.807, 2.05) is 13.0 Å². The smallest absolute Gasteiger partial charge is 0.183 e. The maximum absolute atomic E-state index is 5.75. The molecule has 0 unspecified atom stereocenters. The quantitative estimate of drug-likeness (QED) is 0.825. The first-order chi connectivity index (χ1) is 7.65. The van der Waals surface area contributed by atoms with Gasteiger partial charge in [-0.25, -0.2) is 4.98 Å². The third kappa shape index (κ3) is 2.74. The Kier molecular flexibility index (Phi) is 3.46. The second kappa shape index (κ2) is 4.85. The predicted molar refractivity (Wildman–Crippen MR) is 67.4 cm³/mol. The van der Waals surface area contributed by atoms with Crippen LogP contribution in [0.3, 0.4) is 0 Å². The number of hydrogen-bond acceptors (Lipinski definition) is 3. The molecule has 0 atom stereocenters. The van der Waals surface area contributed by atoms with Gasteiger partial charge in [0.05, 0.1) is 4.88 Å².